The van der Waals surface area contributed by atoms with Crippen LogP contribution in [-0.2, 0) is 9.59 Å². The Morgan fingerprint density at radius 1 is 1.45 bits per heavy atom. The number of carbonyl (C=O) groups excluding carboxylic acids is 1. The van der Waals surface area contributed by atoms with Crippen LogP contribution in [0.3, 0.4) is 0 Å². The van der Waals surface area contributed by atoms with E-state index in [1.807, 2.05) is 0 Å². The number of hydrogen-bond acceptors (Lipinski definition) is 5. The minimum Gasteiger partial charge on any atom is -0.480 e. The fourth-order valence-corrected chi connectivity index (χ4v) is 2.23. The number of aromatic nitrogens is 2. The highest BCUT2D eigenvalue weighted by atomic mass is 16.4. The number of carboxylic acids is 1. The molecule has 1 fully saturated rings. The highest BCUT2D eigenvalue weighted by Gasteiger charge is 2.45. The van der Waals surface area contributed by atoms with Gasteiger partial charge in [-0.3, -0.25) is 4.79 Å². The van der Waals surface area contributed by atoms with Crippen LogP contribution in [0, 0.1) is 0 Å². The minimum atomic E-state index is -1.13. The summed E-state index contributed by atoms with van der Waals surface area (Å²) in [6.07, 6.45) is 7.02. The molecule has 2 rings (SSSR count). The molecule has 1 atom stereocenters. The summed E-state index contributed by atoms with van der Waals surface area (Å²) in [6, 6.07) is 0. The third kappa shape index (κ3) is 2.61. The Labute approximate surface area is 116 Å². The van der Waals surface area contributed by atoms with Gasteiger partial charge in [-0.15, -0.1) is 0 Å². The number of aliphatic carboxylic acids is 1. The van der Waals surface area contributed by atoms with Crippen molar-refractivity contribution in [2.24, 2.45) is 0 Å². The molecule has 0 saturated carbocycles. The molecule has 1 aliphatic heterocycles. The van der Waals surface area contributed by atoms with Crippen LogP contribution in [0.4, 0.5) is 5.95 Å². The quantitative estimate of drug-likeness (QED) is 0.780. The molecule has 0 radical (unpaired) electrons. The highest BCUT2D eigenvalue weighted by Crippen LogP contribution is 2.29. The monoisotopic (exact) mass is 276 g/mol. The van der Waals surface area contributed by atoms with Crippen LogP contribution in [0.25, 0.3) is 6.08 Å². The first kappa shape index (κ1) is 14.0. The zero-order valence-electron chi connectivity index (χ0n) is 11.1. The Morgan fingerprint density at radius 2 is 2.10 bits per heavy atom. The normalized spacial score (nSPS) is 22.4. The number of anilines is 1. The summed E-state index contributed by atoms with van der Waals surface area (Å²) in [5, 5.41) is 9.26. The number of nitrogen functional groups attached to an aromatic ring is 1. The summed E-state index contributed by atoms with van der Waals surface area (Å²) in [6.45, 7) is 2.02. The molecule has 0 bridgehead atoms. The average Bonchev–Trinajstić information content (AvgIpc) is 2.81. The molecule has 1 aliphatic rings. The lowest BCUT2D eigenvalue weighted by Gasteiger charge is -2.30. The van der Waals surface area contributed by atoms with Gasteiger partial charge in [0.05, 0.1) is 0 Å². The highest BCUT2D eigenvalue weighted by molar-refractivity contribution is 5.96. The fourth-order valence-electron chi connectivity index (χ4n) is 2.23. The molecule has 1 saturated heterocycles. The Hall–Kier alpha value is -2.44. The molecule has 0 spiro atoms. The van der Waals surface area contributed by atoms with Crippen LogP contribution >= 0.6 is 0 Å². The predicted octanol–water partition coefficient (Wildman–Crippen LogP) is 0.538. The lowest BCUT2D eigenvalue weighted by molar-refractivity contribution is -0.153. The Kier molecular flexibility index (Phi) is 3.69. The van der Waals surface area contributed by atoms with Gasteiger partial charge in [-0.2, -0.15) is 0 Å². The van der Waals surface area contributed by atoms with Gasteiger partial charge in [-0.25, -0.2) is 14.8 Å². The van der Waals surface area contributed by atoms with Crippen molar-refractivity contribution in [1.82, 2.24) is 14.9 Å². The average molecular weight is 276 g/mol. The van der Waals surface area contributed by atoms with Crippen LogP contribution in [0.15, 0.2) is 18.5 Å². The van der Waals surface area contributed by atoms with Crippen molar-refractivity contribution in [3.63, 3.8) is 0 Å². The van der Waals surface area contributed by atoms with Crippen molar-refractivity contribution in [3.05, 3.63) is 24.0 Å². The van der Waals surface area contributed by atoms with Gasteiger partial charge in [0.15, 0.2) is 0 Å². The number of nitrogens with two attached hydrogens (primary N) is 1. The fraction of sp³-hybridized carbons (Fsp3) is 0.385. The van der Waals surface area contributed by atoms with E-state index >= 15 is 0 Å². The standard InChI is InChI=1S/C13H16N4O3/c1-13(11(19)20)5-2-6-17(13)10(18)4-3-9-7-15-12(14)16-8-9/h3-4,7-8H,2,5-6H2,1H3,(H,19,20)(H2,14,15,16)/t13-/m0/s1. The van der Waals surface area contributed by atoms with Gasteiger partial charge in [0.1, 0.15) is 5.54 Å². The van der Waals surface area contributed by atoms with Gasteiger partial charge < -0.3 is 15.7 Å². The van der Waals surface area contributed by atoms with Gasteiger partial charge in [0, 0.05) is 30.6 Å². The third-order valence-corrected chi connectivity index (χ3v) is 3.48. The maximum absolute atomic E-state index is 12.1. The number of likely N-dealkylation sites (tertiary alicyclic amines) is 1. The molecule has 20 heavy (non-hydrogen) atoms. The van der Waals surface area contributed by atoms with Crippen LogP contribution < -0.4 is 5.73 Å². The zero-order chi connectivity index (χ0) is 14.8. The summed E-state index contributed by atoms with van der Waals surface area (Å²) in [5.41, 5.74) is 4.87. The second kappa shape index (κ2) is 5.28. The lowest BCUT2D eigenvalue weighted by atomic mass is 9.99. The topological polar surface area (TPSA) is 109 Å². The van der Waals surface area contributed by atoms with Crippen molar-refractivity contribution in [1.29, 1.82) is 0 Å². The SMILES string of the molecule is C[C@@]1(C(=O)O)CCCN1C(=O)C=Cc1cnc(N)nc1. The molecular formula is C13H16N4O3. The van der Waals surface area contributed by atoms with Gasteiger partial charge in [-0.05, 0) is 25.8 Å². The van der Waals surface area contributed by atoms with Crippen molar-refractivity contribution >= 4 is 23.9 Å². The molecule has 0 aromatic carbocycles. The first-order valence-corrected chi connectivity index (χ1v) is 6.24. The van der Waals surface area contributed by atoms with Gasteiger partial charge in [0.25, 0.3) is 0 Å². The van der Waals surface area contributed by atoms with Gasteiger partial charge >= 0.3 is 5.97 Å². The molecule has 7 nitrogen and oxygen atoms in total. The van der Waals surface area contributed by atoms with Gasteiger partial charge in [0.2, 0.25) is 11.9 Å². The summed E-state index contributed by atoms with van der Waals surface area (Å²) < 4.78 is 0. The smallest absolute Gasteiger partial charge is 0.329 e. The zero-order valence-corrected chi connectivity index (χ0v) is 11.1. The third-order valence-electron chi connectivity index (χ3n) is 3.48. The Bertz CT molecular complexity index is 555. The molecule has 106 valence electrons. The molecule has 7 heteroatoms. The number of carbonyl (C=O) groups is 2. The summed E-state index contributed by atoms with van der Waals surface area (Å²) >= 11 is 0. The lowest BCUT2D eigenvalue weighted by Crippen LogP contribution is -2.50. The van der Waals surface area contributed by atoms with Crippen molar-refractivity contribution in [3.8, 4) is 0 Å². The molecule has 0 aliphatic carbocycles. The van der Waals surface area contributed by atoms with E-state index in [-0.39, 0.29) is 11.9 Å². The number of hydrogen-bond donors (Lipinski definition) is 2. The summed E-state index contributed by atoms with van der Waals surface area (Å²) in [4.78, 5) is 32.4. The van der Waals surface area contributed by atoms with E-state index in [1.165, 1.54) is 23.4 Å². The predicted molar refractivity (Wildman–Crippen MR) is 72.5 cm³/mol. The van der Waals surface area contributed by atoms with Gasteiger partial charge in [-0.1, -0.05) is 0 Å². The second-order valence-corrected chi connectivity index (χ2v) is 4.88. The number of nitrogens with zero attached hydrogens (tertiary/aromatic N) is 3. The molecule has 1 amide bonds. The first-order chi connectivity index (χ1) is 9.43. The Balaban J connectivity index is 2.12. The van der Waals surface area contributed by atoms with Crippen LogP contribution in [0.5, 0.6) is 0 Å². The molecule has 2 heterocycles. The van der Waals surface area contributed by atoms with E-state index in [0.717, 1.165) is 0 Å². The van der Waals surface area contributed by atoms with E-state index in [9.17, 15) is 14.7 Å². The van der Waals surface area contributed by atoms with E-state index in [4.69, 9.17) is 5.73 Å². The molecular weight excluding hydrogens is 260 g/mol. The largest absolute Gasteiger partial charge is 0.480 e. The number of rotatable bonds is 3. The molecule has 0 unspecified atom stereocenters. The second-order valence-electron chi connectivity index (χ2n) is 4.88. The summed E-state index contributed by atoms with van der Waals surface area (Å²) in [7, 11) is 0. The van der Waals surface area contributed by atoms with E-state index in [1.54, 1.807) is 13.0 Å². The van der Waals surface area contributed by atoms with Crippen molar-refractivity contribution in [2.45, 2.75) is 25.3 Å². The van der Waals surface area contributed by atoms with E-state index < -0.39 is 11.5 Å². The number of carboxylic acid groups (broad SMARTS) is 1. The summed E-state index contributed by atoms with van der Waals surface area (Å²) in [5.74, 6) is -1.15. The van der Waals surface area contributed by atoms with E-state index in [0.29, 0.717) is 24.9 Å². The molecule has 1 aromatic rings. The van der Waals surface area contributed by atoms with Crippen LogP contribution in [0.2, 0.25) is 0 Å². The van der Waals surface area contributed by atoms with Crippen molar-refractivity contribution < 1.29 is 14.7 Å². The van der Waals surface area contributed by atoms with Crippen molar-refractivity contribution in [2.75, 3.05) is 12.3 Å². The van der Waals surface area contributed by atoms with Crippen LogP contribution in [0.1, 0.15) is 25.3 Å². The van der Waals surface area contributed by atoms with Crippen LogP contribution in [-0.4, -0.2) is 43.9 Å². The first-order valence-electron chi connectivity index (χ1n) is 6.24. The maximum atomic E-state index is 12.1. The molecule has 3 N–H and O–H groups in total. The molecule has 1 aromatic heterocycles. The number of amides is 1. The maximum Gasteiger partial charge on any atom is 0.329 e. The minimum absolute atomic E-state index is 0.159. The Morgan fingerprint density at radius 3 is 2.70 bits per heavy atom. The van der Waals surface area contributed by atoms with E-state index in [2.05, 4.69) is 9.97 Å².